The Morgan fingerprint density at radius 3 is 1.69 bits per heavy atom. The molecular formula is C23H27Cl4N2+. The lowest BCUT2D eigenvalue weighted by atomic mass is 10.1. The van der Waals surface area contributed by atoms with Crippen LogP contribution in [-0.4, -0.2) is 22.4 Å². The average Bonchev–Trinajstić information content (AvgIpc) is 2.60. The first kappa shape index (κ1) is 24.1. The molecular weight excluding hydrogens is 446 g/mol. The number of anilines is 1. The van der Waals surface area contributed by atoms with Crippen molar-refractivity contribution in [3.8, 4) is 0 Å². The van der Waals surface area contributed by atoms with E-state index in [1.54, 1.807) is 0 Å². The SMILES string of the molecule is CC(=CC(C)=[N+](c1c(Cl)cccc1Cl)C(C)C)N(c1c(Cl)cccc1Cl)C(C)C. The van der Waals surface area contributed by atoms with E-state index in [9.17, 15) is 0 Å². The Morgan fingerprint density at radius 1 is 0.828 bits per heavy atom. The summed E-state index contributed by atoms with van der Waals surface area (Å²) in [6.45, 7) is 12.5. The smallest absolute Gasteiger partial charge is 0.243 e. The zero-order valence-corrected chi connectivity index (χ0v) is 20.6. The Morgan fingerprint density at radius 2 is 1.28 bits per heavy atom. The van der Waals surface area contributed by atoms with Crippen molar-refractivity contribution >= 4 is 63.5 Å². The average molecular weight is 473 g/mol. The molecule has 6 heteroatoms. The molecule has 2 aromatic carbocycles. The number of halogens is 4. The lowest BCUT2D eigenvalue weighted by Crippen LogP contribution is -2.30. The van der Waals surface area contributed by atoms with Gasteiger partial charge in [-0.3, -0.25) is 0 Å². The first-order chi connectivity index (χ1) is 13.6. The molecule has 0 unspecified atom stereocenters. The van der Waals surface area contributed by atoms with Gasteiger partial charge in [-0.15, -0.1) is 0 Å². The topological polar surface area (TPSA) is 6.25 Å². The van der Waals surface area contributed by atoms with Crippen LogP contribution in [0.2, 0.25) is 20.1 Å². The second-order valence-corrected chi connectivity index (χ2v) is 9.12. The quantitative estimate of drug-likeness (QED) is 0.301. The van der Waals surface area contributed by atoms with E-state index >= 15 is 0 Å². The third-order valence-corrected chi connectivity index (χ3v) is 5.79. The summed E-state index contributed by atoms with van der Waals surface area (Å²) < 4.78 is 2.14. The highest BCUT2D eigenvalue weighted by Gasteiger charge is 2.25. The zero-order valence-electron chi connectivity index (χ0n) is 17.6. The number of para-hydroxylation sites is 2. The Bertz CT molecular complexity index is 905. The Labute approximate surface area is 194 Å². The van der Waals surface area contributed by atoms with Crippen LogP contribution in [0.1, 0.15) is 41.5 Å². The van der Waals surface area contributed by atoms with E-state index in [-0.39, 0.29) is 12.1 Å². The molecule has 0 aliphatic carbocycles. The maximum absolute atomic E-state index is 6.49. The van der Waals surface area contributed by atoms with E-state index in [0.29, 0.717) is 20.1 Å². The largest absolute Gasteiger partial charge is 0.340 e. The van der Waals surface area contributed by atoms with Crippen LogP contribution in [0, 0.1) is 0 Å². The summed E-state index contributed by atoms with van der Waals surface area (Å²) in [6.07, 6.45) is 2.11. The van der Waals surface area contributed by atoms with Gasteiger partial charge in [0.25, 0.3) is 0 Å². The van der Waals surface area contributed by atoms with Gasteiger partial charge in [-0.2, -0.15) is 4.58 Å². The molecule has 0 aliphatic heterocycles. The summed E-state index contributed by atoms with van der Waals surface area (Å²) in [4.78, 5) is 2.14. The maximum Gasteiger partial charge on any atom is 0.243 e. The molecule has 2 rings (SSSR count). The van der Waals surface area contributed by atoms with Crippen molar-refractivity contribution < 1.29 is 4.58 Å². The molecule has 0 fully saturated rings. The first-order valence-electron chi connectivity index (χ1n) is 9.54. The molecule has 0 saturated heterocycles. The van der Waals surface area contributed by atoms with Crippen LogP contribution >= 0.6 is 46.4 Å². The van der Waals surface area contributed by atoms with Gasteiger partial charge < -0.3 is 4.90 Å². The zero-order chi connectivity index (χ0) is 21.9. The molecule has 0 amide bonds. The molecule has 0 saturated carbocycles. The molecule has 0 N–H and O–H groups in total. The third-order valence-electron chi connectivity index (χ3n) is 4.57. The van der Waals surface area contributed by atoms with E-state index < -0.39 is 0 Å². The Kier molecular flexibility index (Phi) is 8.48. The van der Waals surface area contributed by atoms with Crippen molar-refractivity contribution in [3.05, 3.63) is 68.3 Å². The van der Waals surface area contributed by atoms with Gasteiger partial charge >= 0.3 is 0 Å². The van der Waals surface area contributed by atoms with Crippen molar-refractivity contribution in [2.24, 2.45) is 0 Å². The minimum Gasteiger partial charge on any atom is -0.340 e. The molecule has 2 nitrogen and oxygen atoms in total. The molecule has 0 atom stereocenters. The number of benzene rings is 2. The lowest BCUT2D eigenvalue weighted by molar-refractivity contribution is -0.475. The van der Waals surface area contributed by atoms with E-state index in [4.69, 9.17) is 46.4 Å². The maximum atomic E-state index is 6.49. The molecule has 2 aromatic rings. The van der Waals surface area contributed by atoms with Crippen LogP contribution in [0.4, 0.5) is 11.4 Å². The highest BCUT2D eigenvalue weighted by Crippen LogP contribution is 2.37. The van der Waals surface area contributed by atoms with Crippen LogP contribution in [0.3, 0.4) is 0 Å². The highest BCUT2D eigenvalue weighted by molar-refractivity contribution is 6.39. The van der Waals surface area contributed by atoms with Gasteiger partial charge in [-0.05, 0) is 58.9 Å². The normalized spacial score (nSPS) is 13.2. The number of hydrogen-bond donors (Lipinski definition) is 0. The summed E-state index contributed by atoms with van der Waals surface area (Å²) in [5.74, 6) is 0. The third kappa shape index (κ3) is 5.49. The number of hydrogen-bond acceptors (Lipinski definition) is 1. The second-order valence-electron chi connectivity index (χ2n) is 7.50. The van der Waals surface area contributed by atoms with Crippen LogP contribution < -0.4 is 4.90 Å². The van der Waals surface area contributed by atoms with Crippen LogP contribution in [0.15, 0.2) is 48.2 Å². The van der Waals surface area contributed by atoms with Crippen LogP contribution in [-0.2, 0) is 0 Å². The molecule has 0 radical (unpaired) electrons. The first-order valence-corrected chi connectivity index (χ1v) is 11.1. The number of nitrogens with zero attached hydrogens (tertiary/aromatic N) is 2. The minimum absolute atomic E-state index is 0.160. The van der Waals surface area contributed by atoms with Crippen molar-refractivity contribution in [3.63, 3.8) is 0 Å². The lowest BCUT2D eigenvalue weighted by Gasteiger charge is -2.31. The van der Waals surface area contributed by atoms with Crippen molar-refractivity contribution in [1.82, 2.24) is 0 Å². The molecule has 0 bridgehead atoms. The molecule has 156 valence electrons. The van der Waals surface area contributed by atoms with E-state index in [2.05, 4.69) is 57.1 Å². The van der Waals surface area contributed by atoms with E-state index in [0.717, 1.165) is 22.8 Å². The monoisotopic (exact) mass is 471 g/mol. The van der Waals surface area contributed by atoms with Crippen LogP contribution in [0.25, 0.3) is 0 Å². The van der Waals surface area contributed by atoms with Crippen molar-refractivity contribution in [2.45, 2.75) is 53.6 Å². The Hall–Kier alpha value is -1.19. The fraction of sp³-hybridized carbons (Fsp3) is 0.348. The van der Waals surface area contributed by atoms with Crippen molar-refractivity contribution in [2.75, 3.05) is 4.90 Å². The summed E-state index contributed by atoms with van der Waals surface area (Å²) in [6, 6.07) is 11.4. The van der Waals surface area contributed by atoms with Crippen molar-refractivity contribution in [1.29, 1.82) is 0 Å². The summed E-state index contributed by atoms with van der Waals surface area (Å²) in [7, 11) is 0. The van der Waals surface area contributed by atoms with Gasteiger partial charge in [-0.1, -0.05) is 58.5 Å². The molecule has 29 heavy (non-hydrogen) atoms. The van der Waals surface area contributed by atoms with Gasteiger partial charge in [0.15, 0.2) is 11.8 Å². The molecule has 0 spiro atoms. The fourth-order valence-corrected chi connectivity index (χ4v) is 4.72. The van der Waals surface area contributed by atoms with Gasteiger partial charge in [0.05, 0.1) is 15.7 Å². The predicted octanol–water partition coefficient (Wildman–Crippen LogP) is 8.63. The van der Waals surface area contributed by atoms with Gasteiger partial charge in [0, 0.05) is 24.7 Å². The number of rotatable bonds is 6. The predicted molar refractivity (Wildman–Crippen MR) is 130 cm³/mol. The van der Waals surface area contributed by atoms with E-state index in [1.165, 1.54) is 0 Å². The summed E-state index contributed by atoms with van der Waals surface area (Å²) in [5.41, 5.74) is 3.64. The standard InChI is InChI=1S/C23H27Cl4N2/c1-14(2)28(22-18(24)9-7-10-19(22)25)16(5)13-17(6)29(15(3)4)23-20(26)11-8-12-21(23)27/h7-15H,1-6H3/q+1. The number of allylic oxidation sites excluding steroid dienone is 2. The fourth-order valence-electron chi connectivity index (χ4n) is 3.56. The highest BCUT2D eigenvalue weighted by atomic mass is 35.5. The summed E-state index contributed by atoms with van der Waals surface area (Å²) >= 11 is 26.0. The second kappa shape index (κ2) is 10.2. The van der Waals surface area contributed by atoms with E-state index in [1.807, 2.05) is 36.4 Å². The molecule has 0 aromatic heterocycles. The van der Waals surface area contributed by atoms with Gasteiger partial charge in [0.2, 0.25) is 5.69 Å². The summed E-state index contributed by atoms with van der Waals surface area (Å²) in [5, 5.41) is 2.47. The van der Waals surface area contributed by atoms with Gasteiger partial charge in [-0.25, -0.2) is 0 Å². The van der Waals surface area contributed by atoms with Gasteiger partial charge in [0.1, 0.15) is 10.0 Å². The minimum atomic E-state index is 0.160. The van der Waals surface area contributed by atoms with Crippen LogP contribution in [0.5, 0.6) is 0 Å². The molecule has 0 heterocycles. The molecule has 0 aliphatic rings. The Balaban J connectivity index is 2.66.